The van der Waals surface area contributed by atoms with E-state index >= 15 is 0 Å². The van der Waals surface area contributed by atoms with Gasteiger partial charge in [-0.2, -0.15) is 30.3 Å². The second kappa shape index (κ2) is 17.7. The number of methoxy groups -OCH3 is 1. The van der Waals surface area contributed by atoms with Crippen LogP contribution in [0.25, 0.3) is 0 Å². The Morgan fingerprint density at radius 3 is 2.34 bits per heavy atom. The first-order valence-electron chi connectivity index (χ1n) is 12.0. The number of rotatable bonds is 12. The Hall–Kier alpha value is -1.84. The molecule has 0 saturated heterocycles. The zero-order chi connectivity index (χ0) is 26.5. The summed E-state index contributed by atoms with van der Waals surface area (Å²) in [6.45, 7) is 5.42. The summed E-state index contributed by atoms with van der Waals surface area (Å²) in [5, 5.41) is 0. The average Bonchev–Trinajstić information content (AvgIpc) is 3.52. The van der Waals surface area contributed by atoms with Crippen molar-refractivity contribution < 1.29 is 56.6 Å². The molecule has 1 aliphatic heterocycles. The minimum atomic E-state index is -0.177. The van der Waals surface area contributed by atoms with Gasteiger partial charge in [0.05, 0.1) is 12.3 Å². The minimum absolute atomic E-state index is 0. The van der Waals surface area contributed by atoms with Crippen LogP contribution >= 0.6 is 21.6 Å². The summed E-state index contributed by atoms with van der Waals surface area (Å²) < 4.78 is 12.0. The van der Waals surface area contributed by atoms with E-state index in [4.69, 9.17) is 9.47 Å². The SMILES string of the molecule is COCCSSCCOC(=O)Cc1cc[c-]cc1.[CH2-]C(=O)C1CCn2c(C(=O)c3ccccc3)ccc21.[Y]. The van der Waals surface area contributed by atoms with Crippen LogP contribution in [0.5, 0.6) is 0 Å². The van der Waals surface area contributed by atoms with Crippen LogP contribution in [-0.2, 0) is 64.7 Å². The number of carbonyl (C=O) groups excluding carboxylic acids is 3. The monoisotopic (exact) mass is 626 g/mol. The number of aromatic nitrogens is 1. The van der Waals surface area contributed by atoms with E-state index < -0.39 is 0 Å². The molecule has 0 amide bonds. The molecule has 0 saturated carbocycles. The largest absolute Gasteiger partial charge is 0.465 e. The van der Waals surface area contributed by atoms with Crippen LogP contribution in [0.3, 0.4) is 0 Å². The van der Waals surface area contributed by atoms with Crippen molar-refractivity contribution in [3.63, 3.8) is 0 Å². The van der Waals surface area contributed by atoms with Crippen LogP contribution in [0.2, 0.25) is 0 Å². The summed E-state index contributed by atoms with van der Waals surface area (Å²) in [6.07, 6.45) is 1.07. The first-order valence-corrected chi connectivity index (χ1v) is 14.5. The fourth-order valence-electron chi connectivity index (χ4n) is 3.89. The molecule has 4 rings (SSSR count). The Labute approximate surface area is 257 Å². The van der Waals surface area contributed by atoms with Gasteiger partial charge in [-0.3, -0.25) is 9.59 Å². The molecule has 0 spiro atoms. The van der Waals surface area contributed by atoms with Gasteiger partial charge in [-0.25, -0.2) is 0 Å². The van der Waals surface area contributed by atoms with Crippen LogP contribution in [0, 0.1) is 13.0 Å². The van der Waals surface area contributed by atoms with Crippen molar-refractivity contribution in [2.24, 2.45) is 0 Å². The van der Waals surface area contributed by atoms with Crippen LogP contribution in [-0.4, -0.2) is 53.9 Å². The van der Waals surface area contributed by atoms with Crippen LogP contribution < -0.4 is 0 Å². The molecular formula is C29H31NO5S2Y-2. The average molecular weight is 627 g/mol. The molecule has 38 heavy (non-hydrogen) atoms. The van der Waals surface area contributed by atoms with Crippen molar-refractivity contribution in [3.8, 4) is 0 Å². The van der Waals surface area contributed by atoms with Gasteiger partial charge in [-0.15, -0.1) is 5.56 Å². The Bertz CT molecular complexity index is 1150. The number of hydrogen-bond acceptors (Lipinski definition) is 7. The van der Waals surface area contributed by atoms with Gasteiger partial charge in [0.2, 0.25) is 5.78 Å². The van der Waals surface area contributed by atoms with Gasteiger partial charge in [0.25, 0.3) is 0 Å². The first-order chi connectivity index (χ1) is 18.0. The minimum Gasteiger partial charge on any atom is -0.465 e. The third-order valence-corrected chi connectivity index (χ3v) is 8.02. The summed E-state index contributed by atoms with van der Waals surface area (Å²) >= 11 is 0. The Morgan fingerprint density at radius 1 is 1.00 bits per heavy atom. The predicted molar refractivity (Wildman–Crippen MR) is 149 cm³/mol. The predicted octanol–water partition coefficient (Wildman–Crippen LogP) is 5.21. The fourth-order valence-corrected chi connectivity index (χ4v) is 5.62. The van der Waals surface area contributed by atoms with E-state index in [9.17, 15) is 14.4 Å². The van der Waals surface area contributed by atoms with Gasteiger partial charge < -0.3 is 25.8 Å². The Kier molecular flexibility index (Phi) is 15.1. The number of fused-ring (bicyclic) bond motifs is 1. The van der Waals surface area contributed by atoms with Crippen molar-refractivity contribution in [2.75, 3.05) is 31.8 Å². The topological polar surface area (TPSA) is 74.6 Å². The number of ether oxygens (including phenoxy) is 2. The Morgan fingerprint density at radius 2 is 1.68 bits per heavy atom. The molecule has 0 bridgehead atoms. The molecule has 1 aromatic heterocycles. The van der Waals surface area contributed by atoms with Gasteiger partial charge in [0.1, 0.15) is 6.61 Å². The van der Waals surface area contributed by atoms with E-state index in [2.05, 4.69) is 13.0 Å². The second-order valence-electron chi connectivity index (χ2n) is 8.24. The zero-order valence-electron chi connectivity index (χ0n) is 21.5. The van der Waals surface area contributed by atoms with Gasteiger partial charge in [-0.05, 0) is 18.6 Å². The molecule has 2 aromatic carbocycles. The van der Waals surface area contributed by atoms with Crippen molar-refractivity contribution in [2.45, 2.75) is 25.3 Å². The smallest absolute Gasteiger partial charge is 0.308 e. The van der Waals surface area contributed by atoms with E-state index in [0.717, 1.165) is 35.8 Å². The van der Waals surface area contributed by atoms with E-state index in [-0.39, 0.29) is 56.2 Å². The maximum atomic E-state index is 12.4. The molecule has 0 aliphatic carbocycles. The van der Waals surface area contributed by atoms with Crippen LogP contribution in [0.4, 0.5) is 0 Å². The standard InChI is InChI=1S/C16H14NO2.C13H17O3S2.Y/c1-11(18)13-9-10-17-14(13)7-8-15(17)16(19)12-5-3-2-4-6-12;1-15-7-9-17-18-10-8-16-13(14)11-12-5-3-2-4-6-12;/h2-8,13H,1,9-10H2;3-6H,7-11H2,1H3;/q2*-1;. The third-order valence-electron chi connectivity index (χ3n) is 5.69. The molecule has 2 heterocycles. The maximum absolute atomic E-state index is 12.4. The van der Waals surface area contributed by atoms with Crippen LogP contribution in [0.15, 0.2) is 66.7 Å². The molecule has 1 unspecified atom stereocenters. The van der Waals surface area contributed by atoms with Crippen molar-refractivity contribution >= 4 is 39.1 Å². The first kappa shape index (κ1) is 32.4. The number of hydrogen-bond donors (Lipinski definition) is 0. The molecule has 6 nitrogen and oxygen atoms in total. The van der Waals surface area contributed by atoms with Gasteiger partial charge in [0.15, 0.2) is 0 Å². The molecule has 1 atom stereocenters. The summed E-state index contributed by atoms with van der Waals surface area (Å²) in [4.78, 5) is 35.3. The quantitative estimate of drug-likeness (QED) is 0.0899. The van der Waals surface area contributed by atoms with Gasteiger partial charge in [-0.1, -0.05) is 51.9 Å². The molecule has 9 heteroatoms. The normalized spacial score (nSPS) is 13.4. The summed E-state index contributed by atoms with van der Waals surface area (Å²) in [7, 11) is 5.11. The molecule has 0 N–H and O–H groups in total. The number of benzene rings is 2. The number of ketones is 2. The molecule has 1 radical (unpaired) electrons. The summed E-state index contributed by atoms with van der Waals surface area (Å²) in [6, 6.07) is 23.1. The van der Waals surface area contributed by atoms with E-state index in [1.807, 2.05) is 41.0 Å². The Balaban J connectivity index is 0.000000261. The van der Waals surface area contributed by atoms with Crippen molar-refractivity contribution in [3.05, 3.63) is 102 Å². The van der Waals surface area contributed by atoms with Crippen LogP contribution in [0.1, 0.15) is 39.6 Å². The molecule has 3 aromatic rings. The van der Waals surface area contributed by atoms with Crippen molar-refractivity contribution in [1.29, 1.82) is 0 Å². The number of Topliss-reactive ketones (excluding diaryl/α,β-unsaturated/α-hetero) is 1. The number of esters is 1. The van der Waals surface area contributed by atoms with E-state index in [1.165, 1.54) is 0 Å². The second-order valence-corrected chi connectivity index (χ2v) is 10.9. The zero-order valence-corrected chi connectivity index (χ0v) is 25.9. The third kappa shape index (κ3) is 10.0. The maximum Gasteiger partial charge on any atom is 0.308 e. The van der Waals surface area contributed by atoms with Gasteiger partial charge in [0, 0.05) is 87.2 Å². The molecular weight excluding hydrogens is 595 g/mol. The molecule has 1 aliphatic rings. The number of nitrogens with zero attached hydrogens (tertiary/aromatic N) is 1. The van der Waals surface area contributed by atoms with Crippen molar-refractivity contribution in [1.82, 2.24) is 4.57 Å². The number of carbonyl (C=O) groups is 3. The molecule has 199 valence electrons. The fraction of sp³-hybridized carbons (Fsp3) is 0.310. The molecule has 0 fully saturated rings. The summed E-state index contributed by atoms with van der Waals surface area (Å²) in [5.74, 6) is 1.36. The van der Waals surface area contributed by atoms with E-state index in [1.54, 1.807) is 59.0 Å². The van der Waals surface area contributed by atoms with Gasteiger partial charge >= 0.3 is 5.97 Å². The van der Waals surface area contributed by atoms with E-state index in [0.29, 0.717) is 30.8 Å². The summed E-state index contributed by atoms with van der Waals surface area (Å²) in [5.41, 5.74) is 3.21.